The van der Waals surface area contributed by atoms with E-state index in [1.54, 1.807) is 4.90 Å². The first-order valence-electron chi connectivity index (χ1n) is 3.94. The first-order valence-corrected chi connectivity index (χ1v) is 3.94. The van der Waals surface area contributed by atoms with Gasteiger partial charge in [-0.15, -0.1) is 12.4 Å². The number of carbonyl (C=O) groups excluding carboxylic acids is 1. The Morgan fingerprint density at radius 3 is 2.69 bits per heavy atom. The number of hydrogen-bond donors (Lipinski definition) is 3. The van der Waals surface area contributed by atoms with Crippen molar-refractivity contribution in [3.8, 4) is 0 Å². The van der Waals surface area contributed by atoms with E-state index in [1.807, 2.05) is 0 Å². The van der Waals surface area contributed by atoms with E-state index in [9.17, 15) is 4.79 Å². The lowest BCUT2D eigenvalue weighted by Crippen LogP contribution is -2.58. The zero-order chi connectivity index (χ0) is 9.14. The first kappa shape index (κ1) is 12.2. The maximum Gasteiger partial charge on any atom is 0.189 e. The lowest BCUT2D eigenvalue weighted by atomic mass is 10.1. The zero-order valence-electron chi connectivity index (χ0n) is 7.54. The number of piperazine rings is 1. The highest BCUT2D eigenvalue weighted by Crippen LogP contribution is 2.02. The molecule has 4 N–H and O–H groups in total. The van der Waals surface area contributed by atoms with Gasteiger partial charge in [-0.1, -0.05) is 0 Å². The second-order valence-corrected chi connectivity index (χ2v) is 2.91. The maximum atomic E-state index is 11.1. The first-order chi connectivity index (χ1) is 5.63. The fraction of sp³-hybridized carbons (Fsp3) is 0.714. The van der Waals surface area contributed by atoms with E-state index in [0.29, 0.717) is 13.1 Å². The van der Waals surface area contributed by atoms with Gasteiger partial charge in [0.25, 0.3) is 0 Å². The number of halogens is 1. The Kier molecular flexibility index (Phi) is 4.72. The van der Waals surface area contributed by atoms with Crippen LogP contribution in [0.25, 0.3) is 0 Å². The summed E-state index contributed by atoms with van der Waals surface area (Å²) >= 11 is 0. The van der Waals surface area contributed by atoms with Crippen LogP contribution in [-0.4, -0.2) is 42.3 Å². The Morgan fingerprint density at radius 1 is 1.69 bits per heavy atom. The SMILES string of the molecule is CC(=O)C1CNCCN1C(=N)N.Cl. The van der Waals surface area contributed by atoms with Crippen LogP contribution in [0.5, 0.6) is 0 Å². The van der Waals surface area contributed by atoms with Crippen LogP contribution in [-0.2, 0) is 4.79 Å². The second-order valence-electron chi connectivity index (χ2n) is 2.91. The van der Waals surface area contributed by atoms with Gasteiger partial charge in [0.15, 0.2) is 11.7 Å². The standard InChI is InChI=1S/C7H14N4O.ClH/c1-5(12)6-4-10-2-3-11(6)7(8)9;/h6,10H,2-4H2,1H3,(H3,8,9);1H. The average Bonchev–Trinajstić information content (AvgIpc) is 2.04. The summed E-state index contributed by atoms with van der Waals surface area (Å²) in [5, 5.41) is 10.3. The molecule has 0 bridgehead atoms. The molecule has 0 aromatic rings. The van der Waals surface area contributed by atoms with Crippen LogP contribution >= 0.6 is 12.4 Å². The number of rotatable bonds is 1. The van der Waals surface area contributed by atoms with Crippen molar-refractivity contribution < 1.29 is 4.79 Å². The van der Waals surface area contributed by atoms with Crippen molar-refractivity contribution in [3.63, 3.8) is 0 Å². The molecule has 1 atom stereocenters. The van der Waals surface area contributed by atoms with Crippen LogP contribution in [0, 0.1) is 5.41 Å². The highest BCUT2D eigenvalue weighted by Gasteiger charge is 2.26. The predicted octanol–water partition coefficient (Wildman–Crippen LogP) is -0.836. The monoisotopic (exact) mass is 206 g/mol. The minimum atomic E-state index is -0.253. The van der Waals surface area contributed by atoms with E-state index >= 15 is 0 Å². The molecule has 1 aliphatic rings. The minimum absolute atomic E-state index is 0. The average molecular weight is 207 g/mol. The normalized spacial score (nSPS) is 21.9. The van der Waals surface area contributed by atoms with E-state index in [2.05, 4.69) is 5.32 Å². The lowest BCUT2D eigenvalue weighted by molar-refractivity contribution is -0.121. The van der Waals surface area contributed by atoms with Crippen LogP contribution in [0.15, 0.2) is 0 Å². The number of hydrogen-bond acceptors (Lipinski definition) is 3. The van der Waals surface area contributed by atoms with Crippen LogP contribution in [0.2, 0.25) is 0 Å². The molecule has 0 amide bonds. The molecule has 1 heterocycles. The van der Waals surface area contributed by atoms with Crippen molar-refractivity contribution in [1.82, 2.24) is 10.2 Å². The molecule has 5 nitrogen and oxygen atoms in total. The van der Waals surface area contributed by atoms with Gasteiger partial charge in [-0.2, -0.15) is 0 Å². The van der Waals surface area contributed by atoms with Crippen molar-refractivity contribution in [1.29, 1.82) is 5.41 Å². The van der Waals surface area contributed by atoms with E-state index in [0.717, 1.165) is 6.54 Å². The quantitative estimate of drug-likeness (QED) is 0.386. The van der Waals surface area contributed by atoms with Gasteiger partial charge in [-0.25, -0.2) is 0 Å². The van der Waals surface area contributed by atoms with Crippen molar-refractivity contribution in [2.45, 2.75) is 13.0 Å². The summed E-state index contributed by atoms with van der Waals surface area (Å²) in [6.07, 6.45) is 0. The van der Waals surface area contributed by atoms with Crippen LogP contribution in [0.1, 0.15) is 6.92 Å². The molecule has 1 aliphatic heterocycles. The maximum absolute atomic E-state index is 11.1. The number of ketones is 1. The summed E-state index contributed by atoms with van der Waals surface area (Å²) in [4.78, 5) is 12.7. The van der Waals surface area contributed by atoms with Crippen molar-refractivity contribution in [3.05, 3.63) is 0 Å². The Hall–Kier alpha value is -0.810. The van der Waals surface area contributed by atoms with Crippen LogP contribution < -0.4 is 11.1 Å². The molecule has 0 aliphatic carbocycles. The Balaban J connectivity index is 0.00000144. The highest BCUT2D eigenvalue weighted by atomic mass is 35.5. The molecule has 1 fully saturated rings. The number of nitrogens with zero attached hydrogens (tertiary/aromatic N) is 1. The second kappa shape index (κ2) is 5.04. The Morgan fingerprint density at radius 2 is 2.31 bits per heavy atom. The summed E-state index contributed by atoms with van der Waals surface area (Å²) in [7, 11) is 0. The fourth-order valence-corrected chi connectivity index (χ4v) is 1.36. The van der Waals surface area contributed by atoms with Gasteiger partial charge >= 0.3 is 0 Å². The third-order valence-electron chi connectivity index (χ3n) is 2.02. The molecule has 13 heavy (non-hydrogen) atoms. The third-order valence-corrected chi connectivity index (χ3v) is 2.02. The zero-order valence-corrected chi connectivity index (χ0v) is 8.36. The summed E-state index contributed by atoms with van der Waals surface area (Å²) in [5.41, 5.74) is 5.32. The highest BCUT2D eigenvalue weighted by molar-refractivity contribution is 5.87. The van der Waals surface area contributed by atoms with E-state index in [4.69, 9.17) is 11.1 Å². The molecule has 1 unspecified atom stereocenters. The number of Topliss-reactive ketones (excluding diaryl/α,β-unsaturated/α-hetero) is 1. The van der Waals surface area contributed by atoms with E-state index in [1.165, 1.54) is 6.92 Å². The topological polar surface area (TPSA) is 82.2 Å². The van der Waals surface area contributed by atoms with Gasteiger partial charge in [0.05, 0.1) is 0 Å². The van der Waals surface area contributed by atoms with Crippen LogP contribution in [0.3, 0.4) is 0 Å². The molecule has 1 saturated heterocycles. The number of nitrogens with one attached hydrogen (secondary N) is 2. The summed E-state index contributed by atoms with van der Waals surface area (Å²) in [5.74, 6) is 0.0362. The van der Waals surface area contributed by atoms with Crippen LogP contribution in [0.4, 0.5) is 0 Å². The summed E-state index contributed by atoms with van der Waals surface area (Å²) in [6.45, 7) is 3.53. The number of guanidine groups is 1. The van der Waals surface area contributed by atoms with Gasteiger partial charge in [0.2, 0.25) is 0 Å². The van der Waals surface area contributed by atoms with Gasteiger partial charge in [-0.05, 0) is 6.92 Å². The van der Waals surface area contributed by atoms with Crippen molar-refractivity contribution >= 4 is 24.1 Å². The fourth-order valence-electron chi connectivity index (χ4n) is 1.36. The molecule has 1 rings (SSSR count). The van der Waals surface area contributed by atoms with Crippen molar-refractivity contribution in [2.75, 3.05) is 19.6 Å². The predicted molar refractivity (Wildman–Crippen MR) is 53.2 cm³/mol. The number of nitrogens with two attached hydrogens (primary N) is 1. The van der Waals surface area contributed by atoms with Gasteiger partial charge in [-0.3, -0.25) is 10.2 Å². The van der Waals surface area contributed by atoms with E-state index < -0.39 is 0 Å². The van der Waals surface area contributed by atoms with Crippen molar-refractivity contribution in [2.24, 2.45) is 5.73 Å². The molecule has 0 saturated carbocycles. The van der Waals surface area contributed by atoms with Gasteiger partial charge < -0.3 is 16.0 Å². The molecule has 0 radical (unpaired) electrons. The molecule has 76 valence electrons. The minimum Gasteiger partial charge on any atom is -0.370 e. The molecular formula is C7H15ClN4O. The molecule has 0 aromatic heterocycles. The van der Waals surface area contributed by atoms with E-state index in [-0.39, 0.29) is 30.2 Å². The lowest BCUT2D eigenvalue weighted by Gasteiger charge is -2.34. The molecular weight excluding hydrogens is 192 g/mol. The smallest absolute Gasteiger partial charge is 0.189 e. The Bertz CT molecular complexity index is 187. The third kappa shape index (κ3) is 2.86. The number of carbonyl (C=O) groups is 1. The molecule has 0 spiro atoms. The molecule has 0 aromatic carbocycles. The summed E-state index contributed by atoms with van der Waals surface area (Å²) in [6, 6.07) is -0.253. The summed E-state index contributed by atoms with van der Waals surface area (Å²) < 4.78 is 0. The largest absolute Gasteiger partial charge is 0.370 e. The van der Waals surface area contributed by atoms with Gasteiger partial charge in [0.1, 0.15) is 6.04 Å². The van der Waals surface area contributed by atoms with Gasteiger partial charge in [0, 0.05) is 19.6 Å². The molecule has 6 heteroatoms. The Labute approximate surface area is 83.6 Å².